The summed E-state index contributed by atoms with van der Waals surface area (Å²) in [7, 11) is 0. The summed E-state index contributed by atoms with van der Waals surface area (Å²) in [5, 5.41) is 11.1. The Labute approximate surface area is 109 Å². The van der Waals surface area contributed by atoms with E-state index in [0.29, 0.717) is 5.69 Å². The monoisotopic (exact) mass is 401 g/mol. The standard InChI is InChI=1S/C8H9AsINO5/c1-6(12)11-8-4-2-3-7(5-8)9(13,15-10)16-14/h2-5,14H,1H3,(H,11,12). The van der Waals surface area contributed by atoms with E-state index < -0.39 is 14.2 Å². The van der Waals surface area contributed by atoms with E-state index in [0.717, 1.165) is 0 Å². The van der Waals surface area contributed by atoms with Gasteiger partial charge in [0.2, 0.25) is 0 Å². The van der Waals surface area contributed by atoms with E-state index in [2.05, 4.69) is 11.2 Å². The fourth-order valence-electron chi connectivity index (χ4n) is 1.06. The fourth-order valence-corrected chi connectivity index (χ4v) is 4.22. The van der Waals surface area contributed by atoms with Gasteiger partial charge in [0.1, 0.15) is 0 Å². The van der Waals surface area contributed by atoms with Crippen LogP contribution < -0.4 is 9.67 Å². The first-order chi connectivity index (χ1) is 7.51. The third-order valence-corrected chi connectivity index (χ3v) is 7.12. The molecule has 0 aliphatic rings. The molecule has 0 aliphatic carbocycles. The van der Waals surface area contributed by atoms with Gasteiger partial charge in [-0.15, -0.1) is 0 Å². The number of hydrogen-bond acceptors (Lipinski definition) is 5. The maximum absolute atomic E-state index is 11.8. The van der Waals surface area contributed by atoms with Crippen LogP contribution in [0.4, 0.5) is 5.69 Å². The Hall–Kier alpha value is -0.342. The Kier molecular flexibility index (Phi) is 5.00. The van der Waals surface area contributed by atoms with Crippen LogP contribution in [0, 0.1) is 0 Å². The zero-order valence-corrected chi connectivity index (χ0v) is 12.2. The van der Waals surface area contributed by atoms with E-state index in [1.807, 2.05) is 0 Å². The molecule has 8 heteroatoms. The molecule has 0 fully saturated rings. The van der Waals surface area contributed by atoms with Crippen molar-refractivity contribution in [2.24, 2.45) is 0 Å². The molecule has 1 aromatic rings. The summed E-state index contributed by atoms with van der Waals surface area (Å²) < 4.78 is 20.6. The summed E-state index contributed by atoms with van der Waals surface area (Å²) in [6.45, 7) is 1.36. The number of carbonyl (C=O) groups excluding carboxylic acids is 1. The number of carbonyl (C=O) groups is 1. The summed E-state index contributed by atoms with van der Waals surface area (Å²) in [4.78, 5) is 10.8. The van der Waals surface area contributed by atoms with Crippen molar-refractivity contribution in [3.63, 3.8) is 0 Å². The summed E-state index contributed by atoms with van der Waals surface area (Å²) in [5.41, 5.74) is 0.456. The van der Waals surface area contributed by atoms with E-state index >= 15 is 0 Å². The number of halogens is 1. The van der Waals surface area contributed by atoms with Crippen molar-refractivity contribution in [2.75, 3.05) is 5.32 Å². The van der Waals surface area contributed by atoms with E-state index in [-0.39, 0.29) is 10.3 Å². The Balaban J connectivity index is 3.07. The van der Waals surface area contributed by atoms with Crippen LogP contribution >= 0.6 is 23.0 Å². The molecule has 0 saturated heterocycles. The molecule has 6 nitrogen and oxygen atoms in total. The predicted molar refractivity (Wildman–Crippen MR) is 65.6 cm³/mol. The van der Waals surface area contributed by atoms with Crippen LogP contribution in [0.2, 0.25) is 0 Å². The third kappa shape index (κ3) is 3.32. The minimum atomic E-state index is -4.37. The first kappa shape index (κ1) is 13.7. The zero-order chi connectivity index (χ0) is 12.2. The molecule has 0 radical (unpaired) electrons. The summed E-state index contributed by atoms with van der Waals surface area (Å²) in [6, 6.07) is 6.11. The molecule has 0 saturated carbocycles. The van der Waals surface area contributed by atoms with Gasteiger partial charge in [-0.25, -0.2) is 0 Å². The molecule has 0 spiro atoms. The number of hydrogen-bond donors (Lipinski definition) is 2. The Bertz CT molecular complexity index is 430. The zero-order valence-electron chi connectivity index (χ0n) is 8.21. The molecule has 0 heterocycles. The quantitative estimate of drug-likeness (QED) is 0.342. The molecular formula is C8H9AsINO5. The average molecular weight is 401 g/mol. The summed E-state index contributed by atoms with van der Waals surface area (Å²) >= 11 is -2.98. The first-order valence-electron chi connectivity index (χ1n) is 4.13. The van der Waals surface area contributed by atoms with Gasteiger partial charge in [0.15, 0.2) is 0 Å². The van der Waals surface area contributed by atoms with E-state index in [1.165, 1.54) is 42.1 Å². The Morgan fingerprint density at radius 3 is 2.75 bits per heavy atom. The summed E-state index contributed by atoms with van der Waals surface area (Å²) in [5.74, 6) is -0.250. The average Bonchev–Trinajstić information content (AvgIpc) is 2.27. The van der Waals surface area contributed by atoms with E-state index in [4.69, 9.17) is 5.26 Å². The second-order valence-corrected chi connectivity index (χ2v) is 8.73. The fraction of sp³-hybridized carbons (Fsp3) is 0.125. The molecule has 1 aromatic carbocycles. The number of benzene rings is 1. The molecular weight excluding hydrogens is 392 g/mol. The van der Waals surface area contributed by atoms with Gasteiger partial charge in [0, 0.05) is 0 Å². The van der Waals surface area contributed by atoms with Crippen LogP contribution in [0.3, 0.4) is 0 Å². The molecule has 16 heavy (non-hydrogen) atoms. The molecule has 1 rings (SSSR count). The van der Waals surface area contributed by atoms with Crippen molar-refractivity contribution >= 4 is 53.1 Å². The second-order valence-electron chi connectivity index (χ2n) is 2.88. The van der Waals surface area contributed by atoms with E-state index in [9.17, 15) is 8.53 Å². The van der Waals surface area contributed by atoms with Crippen molar-refractivity contribution in [1.82, 2.24) is 0 Å². The van der Waals surface area contributed by atoms with Gasteiger partial charge in [-0.05, 0) is 0 Å². The van der Waals surface area contributed by atoms with Gasteiger partial charge in [0.25, 0.3) is 0 Å². The number of amides is 1. The van der Waals surface area contributed by atoms with Crippen LogP contribution in [-0.4, -0.2) is 25.3 Å². The van der Waals surface area contributed by atoms with Gasteiger partial charge in [0.05, 0.1) is 0 Å². The van der Waals surface area contributed by atoms with Crippen LogP contribution in [0.1, 0.15) is 6.92 Å². The van der Waals surface area contributed by atoms with Crippen molar-refractivity contribution in [3.8, 4) is 0 Å². The van der Waals surface area contributed by atoms with Gasteiger partial charge in [-0.1, -0.05) is 0 Å². The Morgan fingerprint density at radius 2 is 2.25 bits per heavy atom. The maximum atomic E-state index is 11.8. The third-order valence-electron chi connectivity index (χ3n) is 1.68. The van der Waals surface area contributed by atoms with Gasteiger partial charge < -0.3 is 0 Å². The van der Waals surface area contributed by atoms with Crippen LogP contribution in [0.15, 0.2) is 24.3 Å². The molecule has 0 bridgehead atoms. The van der Waals surface area contributed by atoms with Gasteiger partial charge >= 0.3 is 109 Å². The van der Waals surface area contributed by atoms with Crippen molar-refractivity contribution in [1.29, 1.82) is 0 Å². The van der Waals surface area contributed by atoms with Crippen molar-refractivity contribution in [2.45, 2.75) is 6.92 Å². The SMILES string of the molecule is CC(=O)Nc1cccc([As](=O)(OO)OI)c1. The molecule has 0 aliphatic heterocycles. The molecule has 0 aromatic heterocycles. The first-order valence-corrected chi connectivity index (χ1v) is 8.25. The van der Waals surface area contributed by atoms with E-state index in [1.54, 1.807) is 12.1 Å². The number of nitrogens with one attached hydrogen (secondary N) is 1. The topological polar surface area (TPSA) is 84.9 Å². The molecule has 1 amide bonds. The summed E-state index contributed by atoms with van der Waals surface area (Å²) in [6.07, 6.45) is 0. The number of anilines is 1. The second kappa shape index (κ2) is 5.83. The van der Waals surface area contributed by atoms with Crippen LogP contribution in [-0.2, 0) is 14.5 Å². The van der Waals surface area contributed by atoms with Crippen LogP contribution in [0.5, 0.6) is 0 Å². The van der Waals surface area contributed by atoms with Crippen molar-refractivity contribution in [3.05, 3.63) is 24.3 Å². The predicted octanol–water partition coefficient (Wildman–Crippen LogP) is 1.08. The molecule has 1 unspecified atom stereocenters. The normalized spacial score (nSPS) is 14.2. The number of rotatable bonds is 4. The molecule has 88 valence electrons. The Morgan fingerprint density at radius 1 is 1.56 bits per heavy atom. The van der Waals surface area contributed by atoms with Crippen LogP contribution in [0.25, 0.3) is 0 Å². The van der Waals surface area contributed by atoms with Gasteiger partial charge in [-0.2, -0.15) is 0 Å². The molecule has 1 atom stereocenters. The van der Waals surface area contributed by atoms with Crippen molar-refractivity contribution < 1.29 is 19.7 Å². The molecule has 2 N–H and O–H groups in total. The van der Waals surface area contributed by atoms with Gasteiger partial charge in [-0.3, -0.25) is 0 Å². The minimum absolute atomic E-state index is 0.210.